The Kier molecular flexibility index (Phi) is 3.20. The van der Waals surface area contributed by atoms with Gasteiger partial charge in [0.05, 0.1) is 10.7 Å². The van der Waals surface area contributed by atoms with E-state index in [2.05, 4.69) is 22.0 Å². The van der Waals surface area contributed by atoms with Crippen molar-refractivity contribution in [2.24, 2.45) is 0 Å². The van der Waals surface area contributed by atoms with Gasteiger partial charge in [-0.2, -0.15) is 5.26 Å². The number of nitrogen functional groups attached to an aromatic ring is 1. The lowest BCUT2D eigenvalue weighted by molar-refractivity contribution is 1.52. The lowest BCUT2D eigenvalue weighted by Gasteiger charge is -2.02. The van der Waals surface area contributed by atoms with E-state index in [-0.39, 0.29) is 0 Å². The number of nitrogens with two attached hydrogens (primary N) is 1. The van der Waals surface area contributed by atoms with Gasteiger partial charge < -0.3 is 5.73 Å². The van der Waals surface area contributed by atoms with E-state index in [1.165, 1.54) is 11.3 Å². The standard InChI is InChI=1S/C11H6BrClN2S/c12-7-3-1-2-6(11(7)13)9-4-8(15)10(5-14)16-9/h1-4H,15H2. The van der Waals surface area contributed by atoms with E-state index < -0.39 is 0 Å². The van der Waals surface area contributed by atoms with E-state index in [0.717, 1.165) is 14.9 Å². The maximum atomic E-state index is 8.84. The summed E-state index contributed by atoms with van der Waals surface area (Å²) >= 11 is 10.9. The van der Waals surface area contributed by atoms with E-state index in [4.69, 9.17) is 22.6 Å². The number of thiophene rings is 1. The summed E-state index contributed by atoms with van der Waals surface area (Å²) in [5.74, 6) is 0. The van der Waals surface area contributed by atoms with E-state index >= 15 is 0 Å². The van der Waals surface area contributed by atoms with Crippen molar-refractivity contribution in [3.63, 3.8) is 0 Å². The summed E-state index contributed by atoms with van der Waals surface area (Å²) in [5.41, 5.74) is 7.09. The summed E-state index contributed by atoms with van der Waals surface area (Å²) in [7, 11) is 0. The third-order valence-electron chi connectivity index (χ3n) is 2.08. The number of hydrogen-bond donors (Lipinski definition) is 1. The SMILES string of the molecule is N#Cc1sc(-c2cccc(Br)c2Cl)cc1N. The van der Waals surface area contributed by atoms with Crippen molar-refractivity contribution in [3.8, 4) is 16.5 Å². The molecule has 0 saturated heterocycles. The van der Waals surface area contributed by atoms with Crippen LogP contribution in [0.1, 0.15) is 4.88 Å². The van der Waals surface area contributed by atoms with Crippen molar-refractivity contribution in [2.45, 2.75) is 0 Å². The topological polar surface area (TPSA) is 49.8 Å². The molecule has 0 aliphatic rings. The molecule has 5 heteroatoms. The Labute approximate surface area is 110 Å². The molecule has 2 aromatic rings. The van der Waals surface area contributed by atoms with Gasteiger partial charge in [-0.25, -0.2) is 0 Å². The molecule has 1 heterocycles. The Morgan fingerprint density at radius 2 is 2.19 bits per heavy atom. The summed E-state index contributed by atoms with van der Waals surface area (Å²) in [6.45, 7) is 0. The predicted molar refractivity (Wildman–Crippen MR) is 71.6 cm³/mol. The molecule has 16 heavy (non-hydrogen) atoms. The second-order valence-electron chi connectivity index (χ2n) is 3.11. The minimum atomic E-state index is 0.499. The highest BCUT2D eigenvalue weighted by Crippen LogP contribution is 2.39. The summed E-state index contributed by atoms with van der Waals surface area (Å²) in [6.07, 6.45) is 0. The summed E-state index contributed by atoms with van der Waals surface area (Å²) < 4.78 is 0.831. The van der Waals surface area contributed by atoms with Crippen molar-refractivity contribution < 1.29 is 0 Å². The van der Waals surface area contributed by atoms with E-state index in [0.29, 0.717) is 15.6 Å². The molecule has 0 aliphatic heterocycles. The van der Waals surface area contributed by atoms with E-state index in [1.807, 2.05) is 18.2 Å². The van der Waals surface area contributed by atoms with Gasteiger partial charge in [-0.15, -0.1) is 11.3 Å². The molecular weight excluding hydrogens is 308 g/mol. The molecule has 0 fully saturated rings. The molecule has 0 aliphatic carbocycles. The van der Waals surface area contributed by atoms with E-state index in [9.17, 15) is 0 Å². The third-order valence-corrected chi connectivity index (χ3v) is 4.46. The van der Waals surface area contributed by atoms with Crippen LogP contribution in [-0.4, -0.2) is 0 Å². The van der Waals surface area contributed by atoms with Crippen LogP contribution in [0.5, 0.6) is 0 Å². The molecule has 0 spiro atoms. The maximum Gasteiger partial charge on any atom is 0.128 e. The molecule has 0 saturated carbocycles. The second kappa shape index (κ2) is 4.46. The van der Waals surface area contributed by atoms with Crippen molar-refractivity contribution in [2.75, 3.05) is 5.73 Å². The molecule has 0 bridgehead atoms. The Morgan fingerprint density at radius 3 is 2.81 bits per heavy atom. The summed E-state index contributed by atoms with van der Waals surface area (Å²) in [6, 6.07) is 9.50. The smallest absolute Gasteiger partial charge is 0.128 e. The highest BCUT2D eigenvalue weighted by molar-refractivity contribution is 9.10. The fourth-order valence-electron chi connectivity index (χ4n) is 1.32. The normalized spacial score (nSPS) is 10.1. The number of benzene rings is 1. The molecular formula is C11H6BrClN2S. The number of halogens is 2. The molecule has 0 radical (unpaired) electrons. The van der Waals surface area contributed by atoms with Gasteiger partial charge in [0.15, 0.2) is 0 Å². The molecule has 2 N–H and O–H groups in total. The predicted octanol–water partition coefficient (Wildman–Crippen LogP) is 4.28. The lowest BCUT2D eigenvalue weighted by Crippen LogP contribution is -1.81. The average molecular weight is 314 g/mol. The van der Waals surface area contributed by atoms with Gasteiger partial charge in [0.25, 0.3) is 0 Å². The zero-order chi connectivity index (χ0) is 11.7. The Balaban J connectivity index is 2.60. The number of rotatable bonds is 1. The highest BCUT2D eigenvalue weighted by Gasteiger charge is 2.11. The first-order valence-electron chi connectivity index (χ1n) is 4.37. The van der Waals surface area contributed by atoms with Crippen LogP contribution in [0.15, 0.2) is 28.7 Å². The molecule has 1 aromatic carbocycles. The summed E-state index contributed by atoms with van der Waals surface area (Å²) in [5, 5.41) is 9.47. The molecule has 2 nitrogen and oxygen atoms in total. The quantitative estimate of drug-likeness (QED) is 0.854. The number of nitrogens with zero attached hydrogens (tertiary/aromatic N) is 1. The van der Waals surface area contributed by atoms with E-state index in [1.54, 1.807) is 6.07 Å². The van der Waals surface area contributed by atoms with Crippen LogP contribution < -0.4 is 5.73 Å². The average Bonchev–Trinajstić information content (AvgIpc) is 2.63. The number of hydrogen-bond acceptors (Lipinski definition) is 3. The largest absolute Gasteiger partial charge is 0.397 e. The van der Waals surface area contributed by atoms with Gasteiger partial charge in [-0.05, 0) is 28.1 Å². The second-order valence-corrected chi connectivity index (χ2v) is 5.39. The monoisotopic (exact) mass is 312 g/mol. The van der Waals surface area contributed by atoms with Gasteiger partial charge in [0, 0.05) is 14.9 Å². The Bertz CT molecular complexity index is 586. The van der Waals surface area contributed by atoms with Gasteiger partial charge in [0.1, 0.15) is 10.9 Å². The van der Waals surface area contributed by atoms with Crippen molar-refractivity contribution in [1.82, 2.24) is 0 Å². The van der Waals surface area contributed by atoms with Gasteiger partial charge in [0.2, 0.25) is 0 Å². The first kappa shape index (κ1) is 11.5. The molecule has 0 unspecified atom stereocenters. The Morgan fingerprint density at radius 1 is 1.44 bits per heavy atom. The van der Waals surface area contributed by atoms with Gasteiger partial charge in [-0.1, -0.05) is 23.7 Å². The zero-order valence-electron chi connectivity index (χ0n) is 8.00. The fraction of sp³-hybridized carbons (Fsp3) is 0. The van der Waals surface area contributed by atoms with Crippen molar-refractivity contribution in [3.05, 3.63) is 38.6 Å². The molecule has 0 atom stereocenters. The van der Waals surface area contributed by atoms with Crippen LogP contribution in [0.4, 0.5) is 5.69 Å². The van der Waals surface area contributed by atoms with Crippen LogP contribution in [0, 0.1) is 11.3 Å². The maximum absolute atomic E-state index is 8.84. The molecule has 0 amide bonds. The minimum absolute atomic E-state index is 0.499. The highest BCUT2D eigenvalue weighted by atomic mass is 79.9. The van der Waals surface area contributed by atoms with Crippen molar-refractivity contribution in [1.29, 1.82) is 5.26 Å². The van der Waals surface area contributed by atoms with Crippen LogP contribution in [-0.2, 0) is 0 Å². The molecule has 80 valence electrons. The zero-order valence-corrected chi connectivity index (χ0v) is 11.2. The molecule has 2 rings (SSSR count). The summed E-state index contributed by atoms with van der Waals surface area (Å²) in [4.78, 5) is 1.42. The first-order valence-corrected chi connectivity index (χ1v) is 6.36. The lowest BCUT2D eigenvalue weighted by atomic mass is 10.2. The Hall–Kier alpha value is -1.02. The fourth-order valence-corrected chi connectivity index (χ4v) is 2.88. The van der Waals surface area contributed by atoms with Gasteiger partial charge >= 0.3 is 0 Å². The van der Waals surface area contributed by atoms with Gasteiger partial charge in [-0.3, -0.25) is 0 Å². The third kappa shape index (κ3) is 1.94. The number of anilines is 1. The van der Waals surface area contributed by atoms with Crippen LogP contribution in [0.25, 0.3) is 10.4 Å². The molecule has 1 aromatic heterocycles. The number of nitriles is 1. The minimum Gasteiger partial charge on any atom is -0.397 e. The van der Waals surface area contributed by atoms with Crippen molar-refractivity contribution >= 4 is 44.6 Å². The van der Waals surface area contributed by atoms with Crippen LogP contribution in [0.3, 0.4) is 0 Å². The first-order chi connectivity index (χ1) is 7.63. The van der Waals surface area contributed by atoms with Crippen LogP contribution >= 0.6 is 38.9 Å². The van der Waals surface area contributed by atoms with Crippen LogP contribution in [0.2, 0.25) is 5.02 Å².